The molecule has 0 spiro atoms. The van der Waals surface area contributed by atoms with Gasteiger partial charge in [-0.25, -0.2) is 4.79 Å². The van der Waals surface area contributed by atoms with Crippen LogP contribution in [0.2, 0.25) is 5.02 Å². The number of aromatic nitrogens is 1. The minimum Gasteiger partial charge on any atom is -0.477 e. The molecule has 0 aliphatic heterocycles. The molecule has 1 aromatic carbocycles. The Balaban J connectivity index is 2.36. The zero-order valence-electron chi connectivity index (χ0n) is 10.5. The van der Waals surface area contributed by atoms with Gasteiger partial charge in [-0.15, -0.1) is 0 Å². The monoisotopic (exact) mass is 279 g/mol. The number of benzene rings is 1. The van der Waals surface area contributed by atoms with Crippen LogP contribution in [0.1, 0.15) is 10.5 Å². The maximum absolute atomic E-state index is 11.2. The van der Waals surface area contributed by atoms with Crippen molar-refractivity contribution in [2.24, 2.45) is 0 Å². The number of hydrogen-bond acceptors (Lipinski definition) is 2. The van der Waals surface area contributed by atoms with Crippen LogP contribution in [0.5, 0.6) is 0 Å². The van der Waals surface area contributed by atoms with E-state index in [0.29, 0.717) is 18.2 Å². The number of carboxylic acid groups (broad SMARTS) is 1. The molecule has 0 amide bonds. The summed E-state index contributed by atoms with van der Waals surface area (Å²) in [5, 5.41) is 9.84. The van der Waals surface area contributed by atoms with E-state index in [2.05, 4.69) is 0 Å². The van der Waals surface area contributed by atoms with Gasteiger partial charge < -0.3 is 14.4 Å². The van der Waals surface area contributed by atoms with Crippen molar-refractivity contribution < 1.29 is 14.6 Å². The molecule has 0 bridgehead atoms. The third-order valence-corrected chi connectivity index (χ3v) is 3.08. The second kappa shape index (κ2) is 5.91. The van der Waals surface area contributed by atoms with Crippen molar-refractivity contribution in [1.29, 1.82) is 0 Å². The third-order valence-electron chi connectivity index (χ3n) is 2.83. The predicted octanol–water partition coefficient (Wildman–Crippen LogP) is 3.15. The summed E-state index contributed by atoms with van der Waals surface area (Å²) in [6, 6.07) is 8.95. The molecule has 4 nitrogen and oxygen atoms in total. The van der Waals surface area contributed by atoms with Crippen molar-refractivity contribution in [2.45, 2.75) is 6.54 Å². The normalized spacial score (nSPS) is 10.6. The molecule has 0 atom stereocenters. The van der Waals surface area contributed by atoms with Crippen molar-refractivity contribution in [2.75, 3.05) is 13.7 Å². The van der Waals surface area contributed by atoms with E-state index in [4.69, 9.17) is 16.3 Å². The molecule has 0 aliphatic carbocycles. The summed E-state index contributed by atoms with van der Waals surface area (Å²) in [5.41, 5.74) is 2.04. The Bertz CT molecular complexity index is 575. The minimum absolute atomic E-state index is 0.252. The molecule has 1 aromatic heterocycles. The highest BCUT2D eigenvalue weighted by Crippen LogP contribution is 2.24. The van der Waals surface area contributed by atoms with E-state index in [1.165, 1.54) is 0 Å². The minimum atomic E-state index is -0.948. The lowest BCUT2D eigenvalue weighted by molar-refractivity contribution is 0.0682. The highest BCUT2D eigenvalue weighted by molar-refractivity contribution is 6.30. The predicted molar refractivity (Wildman–Crippen MR) is 73.7 cm³/mol. The van der Waals surface area contributed by atoms with Gasteiger partial charge in [0.2, 0.25) is 0 Å². The third kappa shape index (κ3) is 3.16. The van der Waals surface area contributed by atoms with Gasteiger partial charge in [-0.3, -0.25) is 0 Å². The fourth-order valence-electron chi connectivity index (χ4n) is 1.86. The summed E-state index contributed by atoms with van der Waals surface area (Å²) >= 11 is 5.84. The van der Waals surface area contributed by atoms with Crippen LogP contribution in [-0.2, 0) is 11.3 Å². The van der Waals surface area contributed by atoms with E-state index in [1.54, 1.807) is 29.9 Å². The summed E-state index contributed by atoms with van der Waals surface area (Å²) < 4.78 is 6.66. The molecule has 1 heterocycles. The van der Waals surface area contributed by atoms with Gasteiger partial charge in [0.15, 0.2) is 0 Å². The number of nitrogens with zero attached hydrogens (tertiary/aromatic N) is 1. The number of aromatic carboxylic acids is 1. The maximum Gasteiger partial charge on any atom is 0.352 e. The van der Waals surface area contributed by atoms with Crippen molar-refractivity contribution >= 4 is 17.6 Å². The van der Waals surface area contributed by atoms with Gasteiger partial charge in [0, 0.05) is 30.4 Å². The number of halogens is 1. The lowest BCUT2D eigenvalue weighted by Crippen LogP contribution is -2.10. The Morgan fingerprint density at radius 2 is 2.00 bits per heavy atom. The molecular formula is C14H14ClNO3. The Morgan fingerprint density at radius 3 is 2.58 bits per heavy atom. The Kier molecular flexibility index (Phi) is 4.24. The Morgan fingerprint density at radius 1 is 1.32 bits per heavy atom. The molecule has 2 aromatic rings. The number of rotatable bonds is 5. The summed E-state index contributed by atoms with van der Waals surface area (Å²) in [4.78, 5) is 11.2. The van der Waals surface area contributed by atoms with Gasteiger partial charge in [0.05, 0.1) is 6.61 Å². The first-order valence-corrected chi connectivity index (χ1v) is 6.18. The van der Waals surface area contributed by atoms with Crippen LogP contribution in [0.4, 0.5) is 0 Å². The van der Waals surface area contributed by atoms with Crippen LogP contribution in [0, 0.1) is 0 Å². The number of methoxy groups -OCH3 is 1. The highest BCUT2D eigenvalue weighted by Gasteiger charge is 2.13. The number of carbonyl (C=O) groups is 1. The summed E-state index contributed by atoms with van der Waals surface area (Å²) in [7, 11) is 1.59. The second-order valence-corrected chi connectivity index (χ2v) is 4.55. The molecule has 2 rings (SSSR count). The van der Waals surface area contributed by atoms with E-state index < -0.39 is 5.97 Å². The first-order chi connectivity index (χ1) is 9.11. The van der Waals surface area contributed by atoms with Gasteiger partial charge in [-0.2, -0.15) is 0 Å². The number of carboxylic acids is 1. The van der Waals surface area contributed by atoms with Crippen LogP contribution in [0.3, 0.4) is 0 Å². The van der Waals surface area contributed by atoms with Gasteiger partial charge in [0.1, 0.15) is 5.69 Å². The van der Waals surface area contributed by atoms with Crippen LogP contribution in [0.25, 0.3) is 11.1 Å². The average Bonchev–Trinajstić information content (AvgIpc) is 2.81. The fourth-order valence-corrected chi connectivity index (χ4v) is 1.99. The van der Waals surface area contributed by atoms with E-state index in [1.807, 2.05) is 18.3 Å². The van der Waals surface area contributed by atoms with Crippen molar-refractivity contribution in [3.63, 3.8) is 0 Å². The van der Waals surface area contributed by atoms with Gasteiger partial charge in [0.25, 0.3) is 0 Å². The SMILES string of the molecule is COCCn1cc(-c2ccc(Cl)cc2)cc1C(=O)O. The van der Waals surface area contributed by atoms with Crippen LogP contribution < -0.4 is 0 Å². The molecular weight excluding hydrogens is 266 g/mol. The molecule has 0 saturated heterocycles. The Hall–Kier alpha value is -1.78. The maximum atomic E-state index is 11.2. The van der Waals surface area contributed by atoms with Gasteiger partial charge in [-0.05, 0) is 23.8 Å². The van der Waals surface area contributed by atoms with Gasteiger partial charge in [-0.1, -0.05) is 23.7 Å². The molecule has 0 saturated carbocycles. The Labute approximate surface area is 116 Å². The standard InChI is InChI=1S/C14H14ClNO3/c1-19-7-6-16-9-11(8-13(16)14(17)18)10-2-4-12(15)5-3-10/h2-5,8-9H,6-7H2,1H3,(H,17,18). The molecule has 0 radical (unpaired) electrons. The van der Waals surface area contributed by atoms with E-state index >= 15 is 0 Å². The molecule has 1 N–H and O–H groups in total. The van der Waals surface area contributed by atoms with E-state index in [9.17, 15) is 9.90 Å². The highest BCUT2D eigenvalue weighted by atomic mass is 35.5. The van der Waals surface area contributed by atoms with Crippen molar-refractivity contribution in [3.8, 4) is 11.1 Å². The molecule has 0 unspecified atom stereocenters. The first-order valence-electron chi connectivity index (χ1n) is 5.80. The number of ether oxygens (including phenoxy) is 1. The van der Waals surface area contributed by atoms with Crippen LogP contribution in [0.15, 0.2) is 36.5 Å². The quantitative estimate of drug-likeness (QED) is 0.915. The molecule has 0 aliphatic rings. The lowest BCUT2D eigenvalue weighted by atomic mass is 10.1. The lowest BCUT2D eigenvalue weighted by Gasteiger charge is -2.04. The summed E-state index contributed by atoms with van der Waals surface area (Å²) in [5.74, 6) is -0.948. The number of hydrogen-bond donors (Lipinski definition) is 1. The second-order valence-electron chi connectivity index (χ2n) is 4.11. The van der Waals surface area contributed by atoms with Crippen LogP contribution in [-0.4, -0.2) is 29.4 Å². The van der Waals surface area contributed by atoms with Gasteiger partial charge >= 0.3 is 5.97 Å². The largest absolute Gasteiger partial charge is 0.477 e. The average molecular weight is 280 g/mol. The molecule has 5 heteroatoms. The molecule has 19 heavy (non-hydrogen) atoms. The summed E-state index contributed by atoms with van der Waals surface area (Å²) in [6.07, 6.45) is 1.81. The fraction of sp³-hybridized carbons (Fsp3) is 0.214. The molecule has 0 fully saturated rings. The smallest absolute Gasteiger partial charge is 0.352 e. The molecule has 100 valence electrons. The van der Waals surface area contributed by atoms with Crippen molar-refractivity contribution in [1.82, 2.24) is 4.57 Å². The first kappa shape index (κ1) is 13.6. The van der Waals surface area contributed by atoms with Crippen molar-refractivity contribution in [3.05, 3.63) is 47.2 Å². The zero-order valence-corrected chi connectivity index (χ0v) is 11.2. The summed E-state index contributed by atoms with van der Waals surface area (Å²) in [6.45, 7) is 0.973. The zero-order chi connectivity index (χ0) is 13.8. The van der Waals surface area contributed by atoms with Crippen LogP contribution >= 0.6 is 11.6 Å². The topological polar surface area (TPSA) is 51.5 Å². The van der Waals surface area contributed by atoms with E-state index in [0.717, 1.165) is 11.1 Å². The van der Waals surface area contributed by atoms with E-state index in [-0.39, 0.29) is 5.69 Å².